The lowest BCUT2D eigenvalue weighted by atomic mass is 9.82. The van der Waals surface area contributed by atoms with Crippen LogP contribution in [0.2, 0.25) is 0 Å². The van der Waals surface area contributed by atoms with Crippen LogP contribution >= 0.6 is 11.8 Å². The Labute approximate surface area is 188 Å². The van der Waals surface area contributed by atoms with Crippen LogP contribution in [-0.4, -0.2) is 53.5 Å². The fourth-order valence-electron chi connectivity index (χ4n) is 4.40. The van der Waals surface area contributed by atoms with E-state index in [1.807, 2.05) is 24.5 Å². The highest BCUT2D eigenvalue weighted by Gasteiger charge is 2.29. The summed E-state index contributed by atoms with van der Waals surface area (Å²) in [7, 11) is 0. The van der Waals surface area contributed by atoms with E-state index in [1.54, 1.807) is 11.8 Å². The standard InChI is InChI=1S/C23H33N3O4S/c1-31-11-10-19(21(27)25-13-15-6-8-16(9-7-15)23(29)30)26-22(28)20-12-17-4-2-3-5-18(17)14-24-20/h2-5,15-16,19-20,24H,6-14H2,1H3,(H,25,27)(H,26,28)(H,29,30). The number of benzene rings is 1. The van der Waals surface area contributed by atoms with Gasteiger partial charge >= 0.3 is 5.97 Å². The highest BCUT2D eigenvalue weighted by atomic mass is 32.2. The van der Waals surface area contributed by atoms with E-state index in [2.05, 4.69) is 22.0 Å². The molecule has 3 rings (SSSR count). The zero-order valence-electron chi connectivity index (χ0n) is 18.1. The van der Waals surface area contributed by atoms with Gasteiger partial charge in [0.25, 0.3) is 0 Å². The second kappa shape index (κ2) is 11.5. The first-order valence-electron chi connectivity index (χ1n) is 11.1. The molecule has 4 N–H and O–H groups in total. The average Bonchev–Trinajstić information content (AvgIpc) is 2.79. The van der Waals surface area contributed by atoms with Crippen LogP contribution in [0.5, 0.6) is 0 Å². The van der Waals surface area contributed by atoms with Crippen LogP contribution in [0.25, 0.3) is 0 Å². The number of hydrogen-bond acceptors (Lipinski definition) is 5. The highest BCUT2D eigenvalue weighted by Crippen LogP contribution is 2.28. The molecule has 31 heavy (non-hydrogen) atoms. The minimum atomic E-state index is -0.721. The quantitative estimate of drug-likeness (QED) is 0.461. The maximum atomic E-state index is 12.9. The number of rotatable bonds is 9. The maximum absolute atomic E-state index is 12.9. The first-order chi connectivity index (χ1) is 15.0. The summed E-state index contributed by atoms with van der Waals surface area (Å²) in [5.41, 5.74) is 2.38. The van der Waals surface area contributed by atoms with Crippen LogP contribution in [0.3, 0.4) is 0 Å². The van der Waals surface area contributed by atoms with E-state index in [9.17, 15) is 14.4 Å². The SMILES string of the molecule is CSCCC(NC(=O)C1Cc2ccccc2CN1)C(=O)NCC1CCC(C(=O)O)CC1. The van der Waals surface area contributed by atoms with Gasteiger partial charge in [0.1, 0.15) is 6.04 Å². The van der Waals surface area contributed by atoms with Gasteiger partial charge in [0, 0.05) is 13.1 Å². The van der Waals surface area contributed by atoms with Crippen LogP contribution in [0.15, 0.2) is 24.3 Å². The number of carboxylic acids is 1. The molecule has 1 aliphatic carbocycles. The molecule has 0 radical (unpaired) electrons. The molecule has 1 saturated carbocycles. The second-order valence-corrected chi connectivity index (χ2v) is 9.54. The zero-order valence-corrected chi connectivity index (χ0v) is 18.9. The number of aliphatic carboxylic acids is 1. The van der Waals surface area contributed by atoms with Gasteiger partial charge in [0.2, 0.25) is 11.8 Å². The van der Waals surface area contributed by atoms with E-state index in [4.69, 9.17) is 5.11 Å². The minimum absolute atomic E-state index is 0.141. The highest BCUT2D eigenvalue weighted by molar-refractivity contribution is 7.98. The molecule has 0 saturated heterocycles. The molecule has 1 aromatic rings. The molecule has 0 bridgehead atoms. The summed E-state index contributed by atoms with van der Waals surface area (Å²) in [4.78, 5) is 36.8. The fraction of sp³-hybridized carbons (Fsp3) is 0.609. The van der Waals surface area contributed by atoms with Crippen molar-refractivity contribution in [1.29, 1.82) is 0 Å². The van der Waals surface area contributed by atoms with Crippen molar-refractivity contribution in [3.05, 3.63) is 35.4 Å². The molecule has 1 heterocycles. The Kier molecular flexibility index (Phi) is 8.78. The fourth-order valence-corrected chi connectivity index (χ4v) is 4.87. The van der Waals surface area contributed by atoms with Crippen LogP contribution in [0.4, 0.5) is 0 Å². The second-order valence-electron chi connectivity index (χ2n) is 8.55. The van der Waals surface area contributed by atoms with Crippen molar-refractivity contribution in [2.24, 2.45) is 11.8 Å². The molecule has 1 aliphatic heterocycles. The van der Waals surface area contributed by atoms with Crippen molar-refractivity contribution >= 4 is 29.5 Å². The summed E-state index contributed by atoms with van der Waals surface area (Å²) >= 11 is 1.65. The van der Waals surface area contributed by atoms with Gasteiger partial charge in [-0.2, -0.15) is 11.8 Å². The van der Waals surface area contributed by atoms with Gasteiger partial charge in [-0.05, 0) is 67.6 Å². The first kappa shape index (κ1) is 23.6. The molecule has 2 unspecified atom stereocenters. The number of thioether (sulfide) groups is 1. The summed E-state index contributed by atoms with van der Waals surface area (Å²) in [6.45, 7) is 1.18. The van der Waals surface area contributed by atoms with Crippen molar-refractivity contribution in [2.75, 3.05) is 18.6 Å². The molecular weight excluding hydrogens is 414 g/mol. The van der Waals surface area contributed by atoms with Crippen molar-refractivity contribution in [3.63, 3.8) is 0 Å². The van der Waals surface area contributed by atoms with Crippen molar-refractivity contribution in [3.8, 4) is 0 Å². The number of carbonyl (C=O) groups is 3. The molecule has 170 valence electrons. The van der Waals surface area contributed by atoms with E-state index in [0.29, 0.717) is 44.7 Å². The molecule has 2 amide bonds. The Morgan fingerprint density at radius 1 is 1.16 bits per heavy atom. The number of amides is 2. The van der Waals surface area contributed by atoms with Crippen molar-refractivity contribution < 1.29 is 19.5 Å². The topological polar surface area (TPSA) is 108 Å². The van der Waals surface area contributed by atoms with Crippen LogP contribution in [-0.2, 0) is 27.3 Å². The van der Waals surface area contributed by atoms with Crippen LogP contribution in [0.1, 0.15) is 43.2 Å². The molecule has 0 aromatic heterocycles. The largest absolute Gasteiger partial charge is 0.481 e. The van der Waals surface area contributed by atoms with Gasteiger partial charge in [-0.25, -0.2) is 0 Å². The van der Waals surface area contributed by atoms with E-state index in [0.717, 1.165) is 18.6 Å². The Morgan fingerprint density at radius 2 is 1.87 bits per heavy atom. The lowest BCUT2D eigenvalue weighted by Crippen LogP contribution is -2.54. The van der Waals surface area contributed by atoms with Gasteiger partial charge in [0.05, 0.1) is 12.0 Å². The lowest BCUT2D eigenvalue weighted by molar-refractivity contribution is -0.143. The molecule has 2 aliphatic rings. The summed E-state index contributed by atoms with van der Waals surface area (Å²) in [5.74, 6) is -0.192. The van der Waals surface area contributed by atoms with Gasteiger partial charge < -0.3 is 21.1 Å². The number of fused-ring (bicyclic) bond motifs is 1. The number of nitrogens with one attached hydrogen (secondary N) is 3. The Bertz CT molecular complexity index is 780. The predicted octanol–water partition coefficient (Wildman–Crippen LogP) is 1.95. The van der Waals surface area contributed by atoms with Crippen molar-refractivity contribution in [1.82, 2.24) is 16.0 Å². The van der Waals surface area contributed by atoms with Crippen LogP contribution < -0.4 is 16.0 Å². The normalized spacial score (nSPS) is 24.0. The van der Waals surface area contributed by atoms with Gasteiger partial charge in [-0.3, -0.25) is 14.4 Å². The van der Waals surface area contributed by atoms with Gasteiger partial charge in [-0.1, -0.05) is 24.3 Å². The molecular formula is C23H33N3O4S. The predicted molar refractivity (Wildman–Crippen MR) is 122 cm³/mol. The van der Waals surface area contributed by atoms with E-state index in [1.165, 1.54) is 11.1 Å². The average molecular weight is 448 g/mol. The van der Waals surface area contributed by atoms with E-state index in [-0.39, 0.29) is 23.8 Å². The number of carbonyl (C=O) groups excluding carboxylic acids is 2. The van der Waals surface area contributed by atoms with E-state index < -0.39 is 12.0 Å². The molecule has 7 nitrogen and oxygen atoms in total. The number of hydrogen-bond donors (Lipinski definition) is 4. The molecule has 1 fully saturated rings. The van der Waals surface area contributed by atoms with Crippen molar-refractivity contribution in [2.45, 2.75) is 57.2 Å². The monoisotopic (exact) mass is 447 g/mol. The smallest absolute Gasteiger partial charge is 0.306 e. The third-order valence-electron chi connectivity index (χ3n) is 6.40. The summed E-state index contributed by atoms with van der Waals surface area (Å²) in [6.07, 6.45) is 6.13. The van der Waals surface area contributed by atoms with Crippen LogP contribution in [0, 0.1) is 11.8 Å². The summed E-state index contributed by atoms with van der Waals surface area (Å²) in [5, 5.41) is 18.4. The Hall–Kier alpha value is -2.06. The third kappa shape index (κ3) is 6.71. The minimum Gasteiger partial charge on any atom is -0.481 e. The molecule has 0 spiro atoms. The first-order valence-corrected chi connectivity index (χ1v) is 12.5. The Balaban J connectivity index is 1.50. The molecule has 2 atom stereocenters. The third-order valence-corrected chi connectivity index (χ3v) is 7.05. The van der Waals surface area contributed by atoms with E-state index >= 15 is 0 Å². The van der Waals surface area contributed by atoms with Gasteiger partial charge in [-0.15, -0.1) is 0 Å². The zero-order chi connectivity index (χ0) is 22.2. The maximum Gasteiger partial charge on any atom is 0.306 e. The molecule has 8 heteroatoms. The van der Waals surface area contributed by atoms with Gasteiger partial charge in [0.15, 0.2) is 0 Å². The number of carboxylic acid groups (broad SMARTS) is 1. The summed E-state index contributed by atoms with van der Waals surface area (Å²) in [6, 6.07) is 7.19. The summed E-state index contributed by atoms with van der Waals surface area (Å²) < 4.78 is 0. The lowest BCUT2D eigenvalue weighted by Gasteiger charge is -2.28. The molecule has 1 aromatic carbocycles. The Morgan fingerprint density at radius 3 is 2.55 bits per heavy atom.